The van der Waals surface area contributed by atoms with Crippen LogP contribution in [0.5, 0.6) is 0 Å². The number of rotatable bonds is 6. The topological polar surface area (TPSA) is 21.3 Å². The second-order valence-electron chi connectivity index (χ2n) is 3.06. The van der Waals surface area contributed by atoms with E-state index in [1.54, 1.807) is 0 Å². The maximum absolute atomic E-state index is 5.52. The van der Waals surface area contributed by atoms with Gasteiger partial charge in [0.05, 0.1) is 6.10 Å². The van der Waals surface area contributed by atoms with Crippen molar-refractivity contribution in [3.05, 3.63) is 0 Å². The smallest absolute Gasteiger partial charge is 0.0666 e. The normalized spacial score (nSPS) is 23.2. The van der Waals surface area contributed by atoms with Gasteiger partial charge in [-0.05, 0) is 19.4 Å². The monoisotopic (exact) mass is 189 g/mol. The number of ether oxygens (including phenoxy) is 1. The molecule has 1 aliphatic rings. The van der Waals surface area contributed by atoms with Crippen molar-refractivity contribution in [3.8, 4) is 0 Å². The molecule has 72 valence electrons. The summed E-state index contributed by atoms with van der Waals surface area (Å²) in [5.41, 5.74) is 0. The van der Waals surface area contributed by atoms with Crippen LogP contribution in [0.4, 0.5) is 0 Å². The van der Waals surface area contributed by atoms with Crippen molar-refractivity contribution < 1.29 is 4.74 Å². The Labute approximate surface area is 79.4 Å². The lowest BCUT2D eigenvalue weighted by Crippen LogP contribution is -2.17. The van der Waals surface area contributed by atoms with Gasteiger partial charge in [0, 0.05) is 24.7 Å². The van der Waals surface area contributed by atoms with E-state index in [2.05, 4.69) is 12.2 Å². The predicted octanol–water partition coefficient (Wildman–Crippen LogP) is 1.51. The molecule has 0 aliphatic carbocycles. The first-order valence-electron chi connectivity index (χ1n) is 4.83. The van der Waals surface area contributed by atoms with Gasteiger partial charge in [0.2, 0.25) is 0 Å². The average molecular weight is 189 g/mol. The molecule has 3 heteroatoms. The molecule has 1 unspecified atom stereocenters. The Morgan fingerprint density at radius 3 is 3.17 bits per heavy atom. The first kappa shape index (κ1) is 10.4. The van der Waals surface area contributed by atoms with Gasteiger partial charge < -0.3 is 10.1 Å². The zero-order chi connectivity index (χ0) is 8.65. The van der Waals surface area contributed by atoms with E-state index in [1.807, 2.05) is 11.8 Å². The molecule has 0 bridgehead atoms. The van der Waals surface area contributed by atoms with Crippen LogP contribution in [0.15, 0.2) is 0 Å². The molecule has 0 aromatic carbocycles. The highest BCUT2D eigenvalue weighted by atomic mass is 32.2. The van der Waals surface area contributed by atoms with Crippen LogP contribution in [0.1, 0.15) is 19.8 Å². The fourth-order valence-electron chi connectivity index (χ4n) is 1.31. The summed E-state index contributed by atoms with van der Waals surface area (Å²) >= 11 is 2.00. The van der Waals surface area contributed by atoms with E-state index in [0.717, 1.165) is 19.7 Å². The Hall–Kier alpha value is 0.270. The van der Waals surface area contributed by atoms with Crippen molar-refractivity contribution in [2.45, 2.75) is 25.9 Å². The largest absolute Gasteiger partial charge is 0.377 e. The summed E-state index contributed by atoms with van der Waals surface area (Å²) in [5, 5.41) is 3.31. The zero-order valence-electron chi connectivity index (χ0n) is 7.84. The molecule has 1 saturated heterocycles. The number of nitrogens with one attached hydrogen (secondary N) is 1. The van der Waals surface area contributed by atoms with Gasteiger partial charge in [-0.15, -0.1) is 0 Å². The first-order chi connectivity index (χ1) is 5.93. The van der Waals surface area contributed by atoms with Crippen LogP contribution in [0.2, 0.25) is 0 Å². The Kier molecular flexibility index (Phi) is 5.82. The molecular formula is C9H19NOS. The Bertz CT molecular complexity index is 105. The minimum absolute atomic E-state index is 0.552. The lowest BCUT2D eigenvalue weighted by molar-refractivity contribution is 0.129. The van der Waals surface area contributed by atoms with E-state index in [1.165, 1.54) is 24.3 Å². The third-order valence-corrected chi connectivity index (χ3v) is 3.10. The molecule has 1 heterocycles. The fraction of sp³-hybridized carbons (Fsp3) is 1.00. The predicted molar refractivity (Wildman–Crippen MR) is 54.8 cm³/mol. The Morgan fingerprint density at radius 2 is 2.50 bits per heavy atom. The maximum Gasteiger partial charge on any atom is 0.0666 e. The Morgan fingerprint density at radius 1 is 1.58 bits per heavy atom. The summed E-state index contributed by atoms with van der Waals surface area (Å²) in [4.78, 5) is 0. The quantitative estimate of drug-likeness (QED) is 0.640. The van der Waals surface area contributed by atoms with Crippen LogP contribution in [0, 0.1) is 0 Å². The molecule has 2 nitrogen and oxygen atoms in total. The fourth-order valence-corrected chi connectivity index (χ4v) is 2.29. The molecule has 0 radical (unpaired) electrons. The van der Waals surface area contributed by atoms with Crippen molar-refractivity contribution in [1.82, 2.24) is 5.32 Å². The third kappa shape index (κ3) is 4.33. The molecule has 0 aromatic heterocycles. The van der Waals surface area contributed by atoms with Crippen molar-refractivity contribution in [2.75, 3.05) is 31.2 Å². The van der Waals surface area contributed by atoms with Gasteiger partial charge in [-0.2, -0.15) is 11.8 Å². The lowest BCUT2D eigenvalue weighted by atomic mass is 10.3. The van der Waals surface area contributed by atoms with Crippen LogP contribution in [-0.2, 0) is 4.74 Å². The van der Waals surface area contributed by atoms with E-state index in [0.29, 0.717) is 6.10 Å². The van der Waals surface area contributed by atoms with Gasteiger partial charge in [-0.3, -0.25) is 0 Å². The third-order valence-electron chi connectivity index (χ3n) is 2.00. The summed E-state index contributed by atoms with van der Waals surface area (Å²) in [6.45, 7) is 5.34. The van der Waals surface area contributed by atoms with E-state index >= 15 is 0 Å². The highest BCUT2D eigenvalue weighted by Crippen LogP contribution is 2.16. The Balaban J connectivity index is 1.81. The lowest BCUT2D eigenvalue weighted by Gasteiger charge is -2.08. The van der Waals surface area contributed by atoms with Gasteiger partial charge in [0.1, 0.15) is 0 Å². The molecule has 1 aliphatic heterocycles. The summed E-state index contributed by atoms with van der Waals surface area (Å²) in [5.74, 6) is 2.40. The van der Waals surface area contributed by atoms with Gasteiger partial charge in [-0.1, -0.05) is 6.92 Å². The van der Waals surface area contributed by atoms with Gasteiger partial charge >= 0.3 is 0 Å². The van der Waals surface area contributed by atoms with Crippen molar-refractivity contribution >= 4 is 11.8 Å². The van der Waals surface area contributed by atoms with Gasteiger partial charge in [0.25, 0.3) is 0 Å². The van der Waals surface area contributed by atoms with E-state index in [-0.39, 0.29) is 0 Å². The molecular weight excluding hydrogens is 170 g/mol. The summed E-state index contributed by atoms with van der Waals surface area (Å²) in [6, 6.07) is 0. The second-order valence-corrected chi connectivity index (χ2v) is 4.21. The number of thioether (sulfide) groups is 1. The number of hydrogen-bond donors (Lipinski definition) is 1. The standard InChI is InChI=1S/C9H19NOS/c1-2-10-5-7-12-8-9-4-3-6-11-9/h9-10H,2-8H2,1H3. The van der Waals surface area contributed by atoms with Crippen LogP contribution in [0.25, 0.3) is 0 Å². The summed E-state index contributed by atoms with van der Waals surface area (Å²) in [6.07, 6.45) is 3.09. The van der Waals surface area contributed by atoms with E-state index in [9.17, 15) is 0 Å². The summed E-state index contributed by atoms with van der Waals surface area (Å²) in [7, 11) is 0. The van der Waals surface area contributed by atoms with E-state index < -0.39 is 0 Å². The molecule has 0 spiro atoms. The van der Waals surface area contributed by atoms with Gasteiger partial charge in [-0.25, -0.2) is 0 Å². The highest BCUT2D eigenvalue weighted by molar-refractivity contribution is 7.99. The highest BCUT2D eigenvalue weighted by Gasteiger charge is 2.14. The SMILES string of the molecule is CCNCCSCC1CCCO1. The van der Waals surface area contributed by atoms with Crippen molar-refractivity contribution in [1.29, 1.82) is 0 Å². The van der Waals surface area contributed by atoms with Crippen LogP contribution >= 0.6 is 11.8 Å². The van der Waals surface area contributed by atoms with Crippen LogP contribution < -0.4 is 5.32 Å². The van der Waals surface area contributed by atoms with E-state index in [4.69, 9.17) is 4.74 Å². The molecule has 1 rings (SSSR count). The molecule has 1 fully saturated rings. The average Bonchev–Trinajstić information content (AvgIpc) is 2.57. The molecule has 0 aromatic rings. The van der Waals surface area contributed by atoms with Crippen LogP contribution in [-0.4, -0.2) is 37.3 Å². The molecule has 0 amide bonds. The summed E-state index contributed by atoms with van der Waals surface area (Å²) < 4.78 is 5.52. The molecule has 12 heavy (non-hydrogen) atoms. The van der Waals surface area contributed by atoms with Gasteiger partial charge in [0.15, 0.2) is 0 Å². The minimum Gasteiger partial charge on any atom is -0.377 e. The van der Waals surface area contributed by atoms with Crippen LogP contribution in [0.3, 0.4) is 0 Å². The number of hydrogen-bond acceptors (Lipinski definition) is 3. The second kappa shape index (κ2) is 6.75. The van der Waals surface area contributed by atoms with Crippen molar-refractivity contribution in [2.24, 2.45) is 0 Å². The first-order valence-corrected chi connectivity index (χ1v) is 5.99. The van der Waals surface area contributed by atoms with Crippen molar-refractivity contribution in [3.63, 3.8) is 0 Å². The molecule has 0 saturated carbocycles. The molecule has 1 N–H and O–H groups in total. The molecule has 1 atom stereocenters. The zero-order valence-corrected chi connectivity index (χ0v) is 8.66. The maximum atomic E-state index is 5.52. The minimum atomic E-state index is 0.552.